The van der Waals surface area contributed by atoms with Crippen LogP contribution in [0.15, 0.2) is 11.3 Å². The summed E-state index contributed by atoms with van der Waals surface area (Å²) in [6, 6.07) is -1.06. The number of methoxy groups -OCH3 is 1. The Labute approximate surface area is 153 Å². The number of carboxylic acid groups (broad SMARTS) is 2. The van der Waals surface area contributed by atoms with Crippen LogP contribution in [-0.2, 0) is 23.9 Å². The second kappa shape index (κ2) is 7.64. The molecule has 0 aromatic heterocycles. The molecule has 5 N–H and O–H groups in total. The van der Waals surface area contributed by atoms with Crippen LogP contribution >= 0.6 is 11.8 Å². The average molecular weight is 387 g/mol. The Kier molecular flexibility index (Phi) is 5.94. The maximum absolute atomic E-state index is 12.6. The Hall–Kier alpha value is -2.11. The summed E-state index contributed by atoms with van der Waals surface area (Å²) < 4.78 is 5.28. The first-order chi connectivity index (χ1) is 12.2. The molecule has 10 nitrogen and oxygen atoms in total. The van der Waals surface area contributed by atoms with Crippen molar-refractivity contribution < 1.29 is 34.1 Å². The summed E-state index contributed by atoms with van der Waals surface area (Å²) in [5, 5.41) is 19.9. The molecule has 2 aliphatic rings. The van der Waals surface area contributed by atoms with Crippen LogP contribution in [0.5, 0.6) is 0 Å². The standard InChI is InChI=1S/C15H21N3O7S/c1-7-6-26-14-15(25-2,13(24)18(14)10(7)12(22)23)17-9(19)5-3-4-8(16)11(20)21/h8,14H,3-6,16H2,1-2H3,(H,17,19)(H,20,21)(H,22,23). The first kappa shape index (κ1) is 20.2. The summed E-state index contributed by atoms with van der Waals surface area (Å²) in [5.74, 6) is -3.11. The van der Waals surface area contributed by atoms with Crippen molar-refractivity contribution in [2.45, 2.75) is 43.3 Å². The molecule has 2 heterocycles. The molecule has 0 aromatic carbocycles. The van der Waals surface area contributed by atoms with Crippen LogP contribution in [0.25, 0.3) is 0 Å². The summed E-state index contributed by atoms with van der Waals surface area (Å²) >= 11 is 1.30. The summed E-state index contributed by atoms with van der Waals surface area (Å²) in [6.45, 7) is 1.64. The molecule has 3 atom stereocenters. The minimum Gasteiger partial charge on any atom is -0.480 e. The fourth-order valence-electron chi connectivity index (χ4n) is 2.91. The number of nitrogens with one attached hydrogen (secondary N) is 1. The van der Waals surface area contributed by atoms with E-state index in [0.29, 0.717) is 11.3 Å². The molecule has 0 aromatic rings. The minimum absolute atomic E-state index is 0.0303. The molecule has 0 radical (unpaired) electrons. The predicted molar refractivity (Wildman–Crippen MR) is 90.8 cm³/mol. The number of amides is 2. The number of fused-ring (bicyclic) bond motifs is 1. The Morgan fingerprint density at radius 1 is 1.46 bits per heavy atom. The SMILES string of the molecule is COC1(NC(=O)CCCC(N)C(=O)O)C(=O)N2C(C(=O)O)=C(C)CSC21. The van der Waals surface area contributed by atoms with Gasteiger partial charge in [-0.2, -0.15) is 0 Å². The Morgan fingerprint density at radius 2 is 2.12 bits per heavy atom. The van der Waals surface area contributed by atoms with Crippen molar-refractivity contribution in [1.29, 1.82) is 0 Å². The van der Waals surface area contributed by atoms with Gasteiger partial charge in [-0.1, -0.05) is 0 Å². The molecule has 0 aliphatic carbocycles. The molecule has 3 unspecified atom stereocenters. The zero-order valence-electron chi connectivity index (χ0n) is 14.4. The van der Waals surface area contributed by atoms with Gasteiger partial charge in [0.2, 0.25) is 5.91 Å². The Balaban J connectivity index is 2.04. The maximum Gasteiger partial charge on any atom is 0.352 e. The number of hydrogen-bond donors (Lipinski definition) is 4. The van der Waals surface area contributed by atoms with Crippen LogP contribution in [0, 0.1) is 0 Å². The third kappa shape index (κ3) is 3.41. The molecular formula is C15H21N3O7S. The number of hydrogen-bond acceptors (Lipinski definition) is 7. The maximum atomic E-state index is 12.6. The molecule has 11 heteroatoms. The van der Waals surface area contributed by atoms with Crippen molar-refractivity contribution >= 4 is 35.5 Å². The van der Waals surface area contributed by atoms with Crippen LogP contribution in [0.4, 0.5) is 0 Å². The summed E-state index contributed by atoms with van der Waals surface area (Å²) in [5.41, 5.74) is 4.22. The highest BCUT2D eigenvalue weighted by atomic mass is 32.2. The zero-order chi connectivity index (χ0) is 19.6. The zero-order valence-corrected chi connectivity index (χ0v) is 15.2. The van der Waals surface area contributed by atoms with E-state index in [-0.39, 0.29) is 25.0 Å². The third-order valence-corrected chi connectivity index (χ3v) is 5.77. The molecule has 144 valence electrons. The minimum atomic E-state index is -1.63. The summed E-state index contributed by atoms with van der Waals surface area (Å²) in [4.78, 5) is 48.0. The summed E-state index contributed by atoms with van der Waals surface area (Å²) in [6.07, 6.45) is 0.317. The van der Waals surface area contributed by atoms with E-state index in [4.69, 9.17) is 15.6 Å². The van der Waals surface area contributed by atoms with Gasteiger partial charge in [0.15, 0.2) is 0 Å². The van der Waals surface area contributed by atoms with Gasteiger partial charge in [-0.3, -0.25) is 19.3 Å². The van der Waals surface area contributed by atoms with Gasteiger partial charge in [-0.05, 0) is 25.3 Å². The number of carboxylic acids is 2. The molecule has 1 saturated heterocycles. The second-order valence-corrected chi connectivity index (χ2v) is 7.17. The van der Waals surface area contributed by atoms with Gasteiger partial charge in [0.05, 0.1) is 0 Å². The van der Waals surface area contributed by atoms with Gasteiger partial charge in [0.1, 0.15) is 17.1 Å². The van der Waals surface area contributed by atoms with Crippen LogP contribution in [0.2, 0.25) is 0 Å². The predicted octanol–water partition coefficient (Wildman–Crippen LogP) is -0.699. The van der Waals surface area contributed by atoms with Crippen molar-refractivity contribution in [3.8, 4) is 0 Å². The highest BCUT2D eigenvalue weighted by molar-refractivity contribution is 8.00. The fourth-order valence-corrected chi connectivity index (χ4v) is 4.30. The normalized spacial score (nSPS) is 26.0. The molecule has 1 fully saturated rings. The molecule has 26 heavy (non-hydrogen) atoms. The van der Waals surface area contributed by atoms with Crippen molar-refractivity contribution in [2.75, 3.05) is 12.9 Å². The van der Waals surface area contributed by atoms with Gasteiger partial charge in [0.25, 0.3) is 11.6 Å². The first-order valence-electron chi connectivity index (χ1n) is 7.88. The van der Waals surface area contributed by atoms with E-state index in [1.165, 1.54) is 18.9 Å². The van der Waals surface area contributed by atoms with Crippen molar-refractivity contribution in [2.24, 2.45) is 5.73 Å². The fraction of sp³-hybridized carbons (Fsp3) is 0.600. The highest BCUT2D eigenvalue weighted by Gasteiger charge is 2.66. The Bertz CT molecular complexity index is 680. The number of carbonyl (C=O) groups excluding carboxylic acids is 2. The number of rotatable bonds is 8. The monoisotopic (exact) mass is 387 g/mol. The van der Waals surface area contributed by atoms with Gasteiger partial charge in [0, 0.05) is 19.3 Å². The van der Waals surface area contributed by atoms with E-state index in [2.05, 4.69) is 5.32 Å². The van der Waals surface area contributed by atoms with Crippen LogP contribution < -0.4 is 11.1 Å². The lowest BCUT2D eigenvalue weighted by molar-refractivity contribution is -0.192. The van der Waals surface area contributed by atoms with Gasteiger partial charge in [-0.15, -0.1) is 11.8 Å². The first-order valence-corrected chi connectivity index (χ1v) is 8.93. The van der Waals surface area contributed by atoms with E-state index in [1.807, 2.05) is 0 Å². The van der Waals surface area contributed by atoms with Crippen LogP contribution in [0.3, 0.4) is 0 Å². The molecule has 0 spiro atoms. The van der Waals surface area contributed by atoms with Crippen molar-refractivity contribution in [1.82, 2.24) is 10.2 Å². The van der Waals surface area contributed by atoms with E-state index in [1.54, 1.807) is 6.92 Å². The van der Waals surface area contributed by atoms with E-state index in [0.717, 1.165) is 4.90 Å². The molecule has 0 saturated carbocycles. The lowest BCUT2D eigenvalue weighted by Crippen LogP contribution is -2.80. The second-order valence-electron chi connectivity index (χ2n) is 6.10. The van der Waals surface area contributed by atoms with E-state index < -0.39 is 40.9 Å². The smallest absolute Gasteiger partial charge is 0.352 e. The lowest BCUT2D eigenvalue weighted by atomic mass is 9.98. The quantitative estimate of drug-likeness (QED) is 0.312. The number of aliphatic carboxylic acids is 2. The number of carbonyl (C=O) groups is 4. The molecular weight excluding hydrogens is 366 g/mol. The topological polar surface area (TPSA) is 159 Å². The van der Waals surface area contributed by atoms with Gasteiger partial charge in [-0.25, -0.2) is 4.79 Å². The van der Waals surface area contributed by atoms with Gasteiger partial charge < -0.3 is 26.0 Å². The van der Waals surface area contributed by atoms with E-state index >= 15 is 0 Å². The van der Waals surface area contributed by atoms with Gasteiger partial charge >= 0.3 is 11.9 Å². The third-order valence-electron chi connectivity index (χ3n) is 4.31. The molecule has 0 bridgehead atoms. The van der Waals surface area contributed by atoms with Crippen molar-refractivity contribution in [3.05, 3.63) is 11.3 Å². The van der Waals surface area contributed by atoms with E-state index in [9.17, 15) is 24.3 Å². The Morgan fingerprint density at radius 3 is 2.65 bits per heavy atom. The van der Waals surface area contributed by atoms with Crippen LogP contribution in [0.1, 0.15) is 26.2 Å². The number of β-lactam (4-membered cyclic amide) rings is 1. The van der Waals surface area contributed by atoms with Crippen molar-refractivity contribution in [3.63, 3.8) is 0 Å². The van der Waals surface area contributed by atoms with Crippen LogP contribution in [-0.4, -0.2) is 68.9 Å². The number of nitrogens with zero attached hydrogens (tertiary/aromatic N) is 1. The molecule has 2 aliphatic heterocycles. The molecule has 2 rings (SSSR count). The highest BCUT2D eigenvalue weighted by Crippen LogP contribution is 2.46. The largest absolute Gasteiger partial charge is 0.480 e. The summed E-state index contributed by atoms with van der Waals surface area (Å²) in [7, 11) is 1.27. The lowest BCUT2D eigenvalue weighted by Gasteiger charge is -2.55. The average Bonchev–Trinajstić information content (AvgIpc) is 2.58. The molecule has 2 amide bonds. The number of nitrogens with two attached hydrogens (primary N) is 1. The number of ether oxygens (including phenoxy) is 1. The number of thioether (sulfide) groups is 1.